The zero-order valence-corrected chi connectivity index (χ0v) is 18.4. The Bertz CT molecular complexity index is 925. The molecule has 0 saturated carbocycles. The van der Waals surface area contributed by atoms with Gasteiger partial charge in [-0.3, -0.25) is 4.79 Å². The second kappa shape index (κ2) is 10.3. The minimum absolute atomic E-state index is 0.0847. The molecule has 0 spiro atoms. The Balaban J connectivity index is 1.76. The van der Waals surface area contributed by atoms with Gasteiger partial charge in [-0.2, -0.15) is 5.10 Å². The number of furan rings is 1. The SMILES string of the molecule is CCN(CC)CCCC(C)NC(=O)c1cc(-c2ccco2)nn1-c1ccc(C)cc1. The first kappa shape index (κ1) is 21.8. The summed E-state index contributed by atoms with van der Waals surface area (Å²) >= 11 is 0. The molecule has 1 atom stereocenters. The monoisotopic (exact) mass is 408 g/mol. The molecule has 0 bridgehead atoms. The smallest absolute Gasteiger partial charge is 0.270 e. The molecule has 2 heterocycles. The van der Waals surface area contributed by atoms with Crippen molar-refractivity contribution in [3.8, 4) is 17.1 Å². The number of rotatable bonds is 10. The number of nitrogens with zero attached hydrogens (tertiary/aromatic N) is 3. The predicted molar refractivity (Wildman–Crippen MR) is 120 cm³/mol. The Kier molecular flexibility index (Phi) is 7.46. The predicted octanol–water partition coefficient (Wildman–Crippen LogP) is 4.68. The topological polar surface area (TPSA) is 63.3 Å². The van der Waals surface area contributed by atoms with Crippen molar-refractivity contribution >= 4 is 5.91 Å². The second-order valence-electron chi connectivity index (χ2n) is 7.68. The van der Waals surface area contributed by atoms with E-state index in [1.807, 2.05) is 43.3 Å². The fraction of sp³-hybridized carbons (Fsp3) is 0.417. The Morgan fingerprint density at radius 3 is 2.57 bits per heavy atom. The van der Waals surface area contributed by atoms with Crippen LogP contribution in [0.3, 0.4) is 0 Å². The van der Waals surface area contributed by atoms with Crippen LogP contribution >= 0.6 is 0 Å². The molecule has 1 amide bonds. The molecule has 1 N–H and O–H groups in total. The molecular weight excluding hydrogens is 376 g/mol. The molecule has 0 aliphatic heterocycles. The van der Waals surface area contributed by atoms with E-state index >= 15 is 0 Å². The van der Waals surface area contributed by atoms with Crippen LogP contribution in [0, 0.1) is 6.92 Å². The van der Waals surface area contributed by atoms with Crippen molar-refractivity contribution < 1.29 is 9.21 Å². The van der Waals surface area contributed by atoms with Crippen LogP contribution in [0.25, 0.3) is 17.1 Å². The summed E-state index contributed by atoms with van der Waals surface area (Å²) in [4.78, 5) is 15.5. The van der Waals surface area contributed by atoms with Crippen molar-refractivity contribution in [2.45, 2.75) is 46.6 Å². The lowest BCUT2D eigenvalue weighted by atomic mass is 10.1. The molecule has 0 saturated heterocycles. The number of carbonyl (C=O) groups excluding carboxylic acids is 1. The molecule has 3 aromatic rings. The summed E-state index contributed by atoms with van der Waals surface area (Å²) in [5.74, 6) is 0.512. The van der Waals surface area contributed by atoms with E-state index in [4.69, 9.17) is 4.42 Å². The zero-order valence-electron chi connectivity index (χ0n) is 18.4. The van der Waals surface area contributed by atoms with E-state index in [0.29, 0.717) is 17.1 Å². The van der Waals surface area contributed by atoms with Gasteiger partial charge in [0.1, 0.15) is 11.4 Å². The highest BCUT2D eigenvalue weighted by atomic mass is 16.3. The van der Waals surface area contributed by atoms with Gasteiger partial charge in [-0.15, -0.1) is 0 Å². The summed E-state index contributed by atoms with van der Waals surface area (Å²) < 4.78 is 7.18. The maximum atomic E-state index is 13.1. The van der Waals surface area contributed by atoms with Gasteiger partial charge in [-0.25, -0.2) is 4.68 Å². The van der Waals surface area contributed by atoms with Crippen LogP contribution in [0.15, 0.2) is 53.1 Å². The van der Waals surface area contributed by atoms with Crippen LogP contribution in [0.2, 0.25) is 0 Å². The van der Waals surface area contributed by atoms with E-state index in [-0.39, 0.29) is 11.9 Å². The first-order valence-electron chi connectivity index (χ1n) is 10.8. The van der Waals surface area contributed by atoms with Crippen LogP contribution in [0.5, 0.6) is 0 Å². The van der Waals surface area contributed by atoms with Gasteiger partial charge in [-0.05, 0) is 70.6 Å². The van der Waals surface area contributed by atoms with Crippen molar-refractivity contribution in [3.05, 3.63) is 60.0 Å². The van der Waals surface area contributed by atoms with Crippen molar-refractivity contribution in [2.75, 3.05) is 19.6 Å². The molecule has 6 heteroatoms. The number of carbonyl (C=O) groups is 1. The summed E-state index contributed by atoms with van der Waals surface area (Å²) in [7, 11) is 0. The first-order valence-corrected chi connectivity index (χ1v) is 10.8. The van der Waals surface area contributed by atoms with E-state index in [1.165, 1.54) is 0 Å². The van der Waals surface area contributed by atoms with E-state index in [2.05, 4.69) is 36.1 Å². The molecule has 0 fully saturated rings. The second-order valence-corrected chi connectivity index (χ2v) is 7.68. The third kappa shape index (κ3) is 5.39. The Hall–Kier alpha value is -2.86. The number of aryl methyl sites for hydroxylation is 1. The number of nitrogens with one attached hydrogen (secondary N) is 1. The lowest BCUT2D eigenvalue weighted by molar-refractivity contribution is 0.0929. The number of benzene rings is 1. The Labute approximate surface area is 178 Å². The standard InChI is InChI=1S/C24H32N4O2/c1-5-27(6-2)15-7-9-19(4)25-24(29)22-17-21(23-10-8-16-30-23)26-28(22)20-13-11-18(3)12-14-20/h8,10-14,16-17,19H,5-7,9,15H2,1-4H3,(H,25,29). The lowest BCUT2D eigenvalue weighted by Gasteiger charge is -2.20. The van der Waals surface area contributed by atoms with Crippen molar-refractivity contribution in [2.24, 2.45) is 0 Å². The van der Waals surface area contributed by atoms with E-state index in [0.717, 1.165) is 43.7 Å². The molecule has 30 heavy (non-hydrogen) atoms. The zero-order chi connectivity index (χ0) is 21.5. The van der Waals surface area contributed by atoms with Crippen LogP contribution in [-0.2, 0) is 0 Å². The molecule has 160 valence electrons. The van der Waals surface area contributed by atoms with Crippen LogP contribution in [0.1, 0.15) is 49.7 Å². The molecular formula is C24H32N4O2. The molecule has 2 aromatic heterocycles. The molecule has 6 nitrogen and oxygen atoms in total. The number of aromatic nitrogens is 2. The minimum Gasteiger partial charge on any atom is -0.463 e. The highest BCUT2D eigenvalue weighted by molar-refractivity contribution is 5.94. The maximum Gasteiger partial charge on any atom is 0.270 e. The largest absolute Gasteiger partial charge is 0.463 e. The molecule has 3 rings (SSSR count). The van der Waals surface area contributed by atoms with Crippen molar-refractivity contribution in [1.29, 1.82) is 0 Å². The highest BCUT2D eigenvalue weighted by Gasteiger charge is 2.20. The van der Waals surface area contributed by atoms with Gasteiger partial charge >= 0.3 is 0 Å². The third-order valence-corrected chi connectivity index (χ3v) is 5.38. The minimum atomic E-state index is -0.128. The van der Waals surface area contributed by atoms with Gasteiger partial charge in [0, 0.05) is 12.1 Å². The van der Waals surface area contributed by atoms with E-state index < -0.39 is 0 Å². The van der Waals surface area contributed by atoms with Crippen LogP contribution < -0.4 is 5.32 Å². The average Bonchev–Trinajstić information content (AvgIpc) is 3.41. The quantitative estimate of drug-likeness (QED) is 0.529. The fourth-order valence-corrected chi connectivity index (χ4v) is 3.50. The van der Waals surface area contributed by atoms with Crippen LogP contribution in [0.4, 0.5) is 0 Å². The van der Waals surface area contributed by atoms with E-state index in [1.54, 1.807) is 17.0 Å². The number of hydrogen-bond donors (Lipinski definition) is 1. The van der Waals surface area contributed by atoms with Crippen molar-refractivity contribution in [1.82, 2.24) is 20.0 Å². The summed E-state index contributed by atoms with van der Waals surface area (Å²) in [6.45, 7) is 11.6. The van der Waals surface area contributed by atoms with Gasteiger partial charge in [0.15, 0.2) is 5.76 Å². The van der Waals surface area contributed by atoms with Gasteiger partial charge < -0.3 is 14.6 Å². The third-order valence-electron chi connectivity index (χ3n) is 5.38. The van der Waals surface area contributed by atoms with Gasteiger partial charge in [-0.1, -0.05) is 31.5 Å². The average molecular weight is 409 g/mol. The molecule has 1 aromatic carbocycles. The molecule has 0 aliphatic carbocycles. The number of hydrogen-bond acceptors (Lipinski definition) is 4. The lowest BCUT2D eigenvalue weighted by Crippen LogP contribution is -2.34. The summed E-state index contributed by atoms with van der Waals surface area (Å²) in [6, 6.07) is 13.5. The van der Waals surface area contributed by atoms with Gasteiger partial charge in [0.05, 0.1) is 12.0 Å². The first-order chi connectivity index (χ1) is 14.5. The van der Waals surface area contributed by atoms with Gasteiger partial charge in [0.25, 0.3) is 5.91 Å². The molecule has 0 radical (unpaired) electrons. The molecule has 1 unspecified atom stereocenters. The number of amides is 1. The normalized spacial score (nSPS) is 12.3. The van der Waals surface area contributed by atoms with Gasteiger partial charge in [0.2, 0.25) is 0 Å². The summed E-state index contributed by atoms with van der Waals surface area (Å²) in [5, 5.41) is 7.78. The van der Waals surface area contributed by atoms with E-state index in [9.17, 15) is 4.79 Å². The molecule has 0 aliphatic rings. The summed E-state index contributed by atoms with van der Waals surface area (Å²) in [5.41, 5.74) is 3.14. The highest BCUT2D eigenvalue weighted by Crippen LogP contribution is 2.22. The van der Waals surface area contributed by atoms with Crippen molar-refractivity contribution in [3.63, 3.8) is 0 Å². The fourth-order valence-electron chi connectivity index (χ4n) is 3.50. The maximum absolute atomic E-state index is 13.1. The Morgan fingerprint density at radius 1 is 1.20 bits per heavy atom. The van der Waals surface area contributed by atoms with Crippen LogP contribution in [-0.4, -0.2) is 46.3 Å². The summed E-state index contributed by atoms with van der Waals surface area (Å²) in [6.07, 6.45) is 3.60. The Morgan fingerprint density at radius 2 is 1.93 bits per heavy atom.